The molecule has 0 bridgehead atoms. The summed E-state index contributed by atoms with van der Waals surface area (Å²) >= 11 is 0. The van der Waals surface area contributed by atoms with Crippen LogP contribution in [0, 0.1) is 0 Å². The van der Waals surface area contributed by atoms with Crippen molar-refractivity contribution in [2.45, 2.75) is 50.2 Å². The van der Waals surface area contributed by atoms with E-state index in [0.29, 0.717) is 18.7 Å². The molecule has 3 amide bonds. The first-order valence-electron chi connectivity index (χ1n) is 11.7. The fourth-order valence-electron chi connectivity index (χ4n) is 4.37. The van der Waals surface area contributed by atoms with Crippen molar-refractivity contribution in [3.8, 4) is 5.75 Å². The second-order valence-electron chi connectivity index (χ2n) is 8.79. The predicted molar refractivity (Wildman–Crippen MR) is 132 cm³/mol. The number of imide groups is 1. The maximum absolute atomic E-state index is 13.7. The third kappa shape index (κ3) is 5.87. The third-order valence-electron chi connectivity index (χ3n) is 6.02. The molecule has 0 saturated carbocycles. The monoisotopic (exact) mass is 529 g/mol. The van der Waals surface area contributed by atoms with E-state index in [1.807, 2.05) is 0 Å². The van der Waals surface area contributed by atoms with Crippen LogP contribution in [0.5, 0.6) is 5.75 Å². The standard InChI is InChI=1S/C25H27N3O8S/c1-16(29)26-18-5-11-22(12-6-18)37(33,34)27(15-21-4-3-13-35-21)23-14-24(31)28(25(23)32)19-7-9-20(10-8-19)36-17(2)30/h5-12,21,23H,3-4,13-15H2,1-2H3,(H,26,29). The molecular formula is C25H27N3O8S. The molecule has 2 aliphatic rings. The van der Waals surface area contributed by atoms with Gasteiger partial charge in [-0.2, -0.15) is 4.31 Å². The van der Waals surface area contributed by atoms with Gasteiger partial charge in [0.05, 0.1) is 23.1 Å². The Morgan fingerprint density at radius 3 is 2.32 bits per heavy atom. The number of ether oxygens (including phenoxy) is 2. The van der Waals surface area contributed by atoms with Crippen LogP contribution in [-0.2, 0) is 33.9 Å². The van der Waals surface area contributed by atoms with Gasteiger partial charge in [0, 0.05) is 32.7 Å². The van der Waals surface area contributed by atoms with Gasteiger partial charge in [0.15, 0.2) is 0 Å². The van der Waals surface area contributed by atoms with Crippen molar-refractivity contribution >= 4 is 45.1 Å². The first-order chi connectivity index (χ1) is 17.6. The quantitative estimate of drug-likeness (QED) is 0.311. The molecule has 4 rings (SSSR count). The number of nitrogens with one attached hydrogen (secondary N) is 1. The highest BCUT2D eigenvalue weighted by Crippen LogP contribution is 2.32. The van der Waals surface area contributed by atoms with E-state index >= 15 is 0 Å². The van der Waals surface area contributed by atoms with Crippen molar-refractivity contribution in [1.82, 2.24) is 4.31 Å². The van der Waals surface area contributed by atoms with E-state index in [1.165, 1.54) is 62.4 Å². The predicted octanol–water partition coefficient (Wildman–Crippen LogP) is 2.07. The summed E-state index contributed by atoms with van der Waals surface area (Å²) in [5.74, 6) is -1.80. The molecule has 2 aromatic carbocycles. The fraction of sp³-hybridized carbons (Fsp3) is 0.360. The lowest BCUT2D eigenvalue weighted by molar-refractivity contribution is -0.132. The van der Waals surface area contributed by atoms with Crippen LogP contribution >= 0.6 is 0 Å². The number of amides is 3. The summed E-state index contributed by atoms with van der Waals surface area (Å²) in [6, 6.07) is 10.1. The van der Waals surface area contributed by atoms with Crippen molar-refractivity contribution in [3.05, 3.63) is 48.5 Å². The molecule has 2 aromatic rings. The molecule has 0 radical (unpaired) electrons. The van der Waals surface area contributed by atoms with Crippen LogP contribution in [0.2, 0.25) is 0 Å². The van der Waals surface area contributed by atoms with Crippen molar-refractivity contribution in [1.29, 1.82) is 0 Å². The van der Waals surface area contributed by atoms with Gasteiger partial charge in [0.25, 0.3) is 5.91 Å². The zero-order chi connectivity index (χ0) is 26.7. The van der Waals surface area contributed by atoms with E-state index in [9.17, 15) is 27.6 Å². The fourth-order valence-corrected chi connectivity index (χ4v) is 5.99. The molecule has 1 N–H and O–H groups in total. The second-order valence-corrected chi connectivity index (χ2v) is 10.7. The Kier molecular flexibility index (Phi) is 7.71. The largest absolute Gasteiger partial charge is 0.427 e. The molecule has 2 heterocycles. The maximum atomic E-state index is 13.7. The average Bonchev–Trinajstić information content (AvgIpc) is 3.45. The zero-order valence-corrected chi connectivity index (χ0v) is 21.2. The summed E-state index contributed by atoms with van der Waals surface area (Å²) in [7, 11) is -4.22. The van der Waals surface area contributed by atoms with E-state index in [2.05, 4.69) is 5.32 Å². The normalized spacial score (nSPS) is 19.9. The molecule has 37 heavy (non-hydrogen) atoms. The minimum absolute atomic E-state index is 0.0796. The number of esters is 1. The van der Waals surface area contributed by atoms with Crippen LogP contribution in [0.25, 0.3) is 0 Å². The summed E-state index contributed by atoms with van der Waals surface area (Å²) < 4.78 is 39.2. The highest BCUT2D eigenvalue weighted by molar-refractivity contribution is 7.89. The van der Waals surface area contributed by atoms with Gasteiger partial charge >= 0.3 is 5.97 Å². The summed E-state index contributed by atoms with van der Waals surface area (Å²) in [4.78, 5) is 49.7. The van der Waals surface area contributed by atoms with Crippen molar-refractivity contribution in [3.63, 3.8) is 0 Å². The third-order valence-corrected chi connectivity index (χ3v) is 7.90. The van der Waals surface area contributed by atoms with Crippen LogP contribution in [0.3, 0.4) is 0 Å². The van der Waals surface area contributed by atoms with Gasteiger partial charge < -0.3 is 14.8 Å². The Morgan fingerprint density at radius 2 is 1.76 bits per heavy atom. The van der Waals surface area contributed by atoms with Gasteiger partial charge in [0.2, 0.25) is 21.8 Å². The Morgan fingerprint density at radius 1 is 1.08 bits per heavy atom. The van der Waals surface area contributed by atoms with Crippen LogP contribution < -0.4 is 15.0 Å². The SMILES string of the molecule is CC(=O)Nc1ccc(S(=O)(=O)N(CC2CCCO2)C2CC(=O)N(c3ccc(OC(C)=O)cc3)C2=O)cc1. The number of benzene rings is 2. The molecule has 0 spiro atoms. The minimum Gasteiger partial charge on any atom is -0.427 e. The van der Waals surface area contributed by atoms with Gasteiger partial charge in [-0.3, -0.25) is 19.2 Å². The molecule has 12 heteroatoms. The number of carbonyl (C=O) groups excluding carboxylic acids is 4. The lowest BCUT2D eigenvalue weighted by Gasteiger charge is -2.29. The van der Waals surface area contributed by atoms with Crippen LogP contribution in [-0.4, -0.2) is 61.7 Å². The Labute approximate surface area is 214 Å². The van der Waals surface area contributed by atoms with E-state index in [0.717, 1.165) is 15.6 Å². The molecule has 2 atom stereocenters. The number of nitrogens with zero attached hydrogens (tertiary/aromatic N) is 2. The summed E-state index contributed by atoms with van der Waals surface area (Å²) in [5.41, 5.74) is 0.662. The molecule has 2 fully saturated rings. The topological polar surface area (TPSA) is 139 Å². The number of rotatable bonds is 8. The zero-order valence-electron chi connectivity index (χ0n) is 20.4. The maximum Gasteiger partial charge on any atom is 0.308 e. The molecule has 196 valence electrons. The molecule has 2 aliphatic heterocycles. The van der Waals surface area contributed by atoms with Crippen molar-refractivity contribution in [2.75, 3.05) is 23.4 Å². The Bertz CT molecular complexity index is 1300. The summed E-state index contributed by atoms with van der Waals surface area (Å²) in [6.45, 7) is 3.00. The molecular weight excluding hydrogens is 502 g/mol. The smallest absolute Gasteiger partial charge is 0.308 e. The highest BCUT2D eigenvalue weighted by atomic mass is 32.2. The highest BCUT2D eigenvalue weighted by Gasteiger charge is 2.47. The molecule has 2 saturated heterocycles. The van der Waals surface area contributed by atoms with Crippen LogP contribution in [0.4, 0.5) is 11.4 Å². The first-order valence-corrected chi connectivity index (χ1v) is 13.2. The molecule has 0 aromatic heterocycles. The van der Waals surface area contributed by atoms with Gasteiger partial charge in [-0.15, -0.1) is 0 Å². The number of sulfonamides is 1. The van der Waals surface area contributed by atoms with Gasteiger partial charge in [-0.1, -0.05) is 0 Å². The van der Waals surface area contributed by atoms with Crippen LogP contribution in [0.1, 0.15) is 33.1 Å². The minimum atomic E-state index is -4.22. The lowest BCUT2D eigenvalue weighted by atomic mass is 10.2. The lowest BCUT2D eigenvalue weighted by Crippen LogP contribution is -2.48. The van der Waals surface area contributed by atoms with Crippen LogP contribution in [0.15, 0.2) is 53.4 Å². The number of carbonyl (C=O) groups is 4. The Balaban J connectivity index is 1.63. The van der Waals surface area contributed by atoms with E-state index in [-0.39, 0.29) is 35.2 Å². The summed E-state index contributed by atoms with van der Waals surface area (Å²) in [5, 5.41) is 2.58. The second kappa shape index (κ2) is 10.8. The molecule has 2 unspecified atom stereocenters. The first kappa shape index (κ1) is 26.5. The molecule has 0 aliphatic carbocycles. The number of hydrogen-bond donors (Lipinski definition) is 1. The number of anilines is 2. The van der Waals surface area contributed by atoms with E-state index in [4.69, 9.17) is 9.47 Å². The number of hydrogen-bond acceptors (Lipinski definition) is 8. The van der Waals surface area contributed by atoms with Gasteiger partial charge in [-0.25, -0.2) is 13.3 Å². The van der Waals surface area contributed by atoms with Gasteiger partial charge in [-0.05, 0) is 61.4 Å². The molecule has 11 nitrogen and oxygen atoms in total. The van der Waals surface area contributed by atoms with E-state index < -0.39 is 40.0 Å². The van der Waals surface area contributed by atoms with Crippen molar-refractivity contribution in [2.24, 2.45) is 0 Å². The van der Waals surface area contributed by atoms with Crippen molar-refractivity contribution < 1.29 is 37.1 Å². The average molecular weight is 530 g/mol. The van der Waals surface area contributed by atoms with E-state index in [1.54, 1.807) is 0 Å². The Hall–Kier alpha value is -3.61. The van der Waals surface area contributed by atoms with Gasteiger partial charge in [0.1, 0.15) is 11.8 Å². The summed E-state index contributed by atoms with van der Waals surface area (Å²) in [6.07, 6.45) is 0.653.